The van der Waals surface area contributed by atoms with Gasteiger partial charge in [-0.2, -0.15) is 5.10 Å². The fourth-order valence-electron chi connectivity index (χ4n) is 2.81. The van der Waals surface area contributed by atoms with Gasteiger partial charge in [-0.25, -0.2) is 4.39 Å². The molecular weight excluding hydrogens is 281 g/mol. The van der Waals surface area contributed by atoms with Crippen LogP contribution in [0.5, 0.6) is 0 Å². The number of allylic oxidation sites excluding steroid dienone is 2. The maximum Gasteiger partial charge on any atom is 0.168 e. The predicted octanol–water partition coefficient (Wildman–Crippen LogP) is 2.33. The molecule has 0 amide bonds. The van der Waals surface area contributed by atoms with Crippen LogP contribution < -0.4 is 5.32 Å². The van der Waals surface area contributed by atoms with Crippen molar-refractivity contribution in [2.24, 2.45) is 5.10 Å². The summed E-state index contributed by atoms with van der Waals surface area (Å²) < 4.78 is 14.0. The molecular formula is C16H20FN5. The van der Waals surface area contributed by atoms with Crippen molar-refractivity contribution in [1.82, 2.24) is 20.3 Å². The van der Waals surface area contributed by atoms with Gasteiger partial charge in [0.2, 0.25) is 0 Å². The number of dihydropyridines is 1. The summed E-state index contributed by atoms with van der Waals surface area (Å²) in [6.45, 7) is 2.13. The van der Waals surface area contributed by atoms with Crippen LogP contribution in [0.15, 0.2) is 41.7 Å². The van der Waals surface area contributed by atoms with Crippen molar-refractivity contribution in [2.75, 3.05) is 0 Å². The third kappa shape index (κ3) is 3.00. The standard InChI is InChI=1S/C16H20FN5/c1-2-4-14-15(19-10-9-18-14)11-12-6-8-21-22(12)16-13(17)5-3-7-20-16/h3,5,7-10,12,16,20H,2,4,6,11H2,1H3. The van der Waals surface area contributed by atoms with Crippen LogP contribution in [0.1, 0.15) is 31.2 Å². The van der Waals surface area contributed by atoms with Crippen molar-refractivity contribution in [3.8, 4) is 0 Å². The van der Waals surface area contributed by atoms with Gasteiger partial charge in [0.1, 0.15) is 5.83 Å². The SMILES string of the molecule is CCCc1nccnc1CC1CC=NN1C1NC=CC=C1F. The van der Waals surface area contributed by atoms with Gasteiger partial charge in [-0.05, 0) is 24.8 Å². The number of nitrogens with zero attached hydrogens (tertiary/aromatic N) is 4. The topological polar surface area (TPSA) is 53.4 Å². The van der Waals surface area contributed by atoms with Crippen LogP contribution in [0.4, 0.5) is 4.39 Å². The first kappa shape index (κ1) is 14.7. The molecule has 0 aliphatic carbocycles. The molecule has 6 heteroatoms. The van der Waals surface area contributed by atoms with Crippen molar-refractivity contribution >= 4 is 6.21 Å². The molecule has 2 aliphatic rings. The predicted molar refractivity (Wildman–Crippen MR) is 83.7 cm³/mol. The van der Waals surface area contributed by atoms with Crippen LogP contribution in [-0.2, 0) is 12.8 Å². The van der Waals surface area contributed by atoms with Gasteiger partial charge in [-0.1, -0.05) is 13.3 Å². The van der Waals surface area contributed by atoms with Gasteiger partial charge in [-0.3, -0.25) is 15.0 Å². The molecule has 5 nitrogen and oxygen atoms in total. The summed E-state index contributed by atoms with van der Waals surface area (Å²) in [6, 6.07) is 0.0930. The molecule has 0 radical (unpaired) electrons. The van der Waals surface area contributed by atoms with Crippen molar-refractivity contribution < 1.29 is 4.39 Å². The summed E-state index contributed by atoms with van der Waals surface area (Å²) in [5.41, 5.74) is 2.02. The maximum atomic E-state index is 14.0. The van der Waals surface area contributed by atoms with E-state index in [0.29, 0.717) is 0 Å². The Balaban J connectivity index is 1.75. The molecule has 2 atom stereocenters. The second kappa shape index (κ2) is 6.68. The second-order valence-corrected chi connectivity index (χ2v) is 5.45. The van der Waals surface area contributed by atoms with Crippen molar-refractivity contribution in [2.45, 2.75) is 44.8 Å². The average molecular weight is 301 g/mol. The molecule has 1 N–H and O–H groups in total. The van der Waals surface area contributed by atoms with Crippen LogP contribution in [-0.4, -0.2) is 33.4 Å². The number of nitrogens with one attached hydrogen (secondary N) is 1. The number of rotatable bonds is 5. The molecule has 116 valence electrons. The Morgan fingerprint density at radius 2 is 2.14 bits per heavy atom. The minimum atomic E-state index is -0.528. The van der Waals surface area contributed by atoms with Crippen molar-refractivity contribution in [3.63, 3.8) is 0 Å². The largest absolute Gasteiger partial charge is 0.365 e. The minimum Gasteiger partial charge on any atom is -0.365 e. The van der Waals surface area contributed by atoms with E-state index in [-0.39, 0.29) is 11.9 Å². The average Bonchev–Trinajstić information content (AvgIpc) is 2.98. The summed E-state index contributed by atoms with van der Waals surface area (Å²) in [5.74, 6) is -0.223. The molecule has 0 saturated heterocycles. The third-order valence-corrected chi connectivity index (χ3v) is 3.87. The molecule has 0 saturated carbocycles. The Bertz CT molecular complexity index is 610. The molecule has 2 aliphatic heterocycles. The Kier molecular flexibility index (Phi) is 4.46. The number of aromatic nitrogens is 2. The van der Waals surface area contributed by atoms with E-state index in [1.54, 1.807) is 29.7 Å². The number of halogens is 1. The summed E-state index contributed by atoms with van der Waals surface area (Å²) in [5, 5.41) is 9.16. The molecule has 3 rings (SSSR count). The lowest BCUT2D eigenvalue weighted by atomic mass is 10.0. The van der Waals surface area contributed by atoms with Crippen LogP contribution >= 0.6 is 0 Å². The minimum absolute atomic E-state index is 0.0930. The van der Waals surface area contributed by atoms with Gasteiger partial charge in [0.15, 0.2) is 6.17 Å². The molecule has 1 aromatic heterocycles. The van der Waals surface area contributed by atoms with E-state index >= 15 is 0 Å². The van der Waals surface area contributed by atoms with E-state index in [2.05, 4.69) is 27.3 Å². The highest BCUT2D eigenvalue weighted by Crippen LogP contribution is 2.24. The number of hydrogen-bond donors (Lipinski definition) is 1. The zero-order valence-electron chi connectivity index (χ0n) is 12.6. The lowest BCUT2D eigenvalue weighted by molar-refractivity contribution is 0.146. The fraction of sp³-hybridized carbons (Fsp3) is 0.438. The Morgan fingerprint density at radius 1 is 1.32 bits per heavy atom. The van der Waals surface area contributed by atoms with Gasteiger partial charge >= 0.3 is 0 Å². The zero-order valence-corrected chi connectivity index (χ0v) is 12.6. The summed E-state index contributed by atoms with van der Waals surface area (Å²) in [6.07, 6.45) is 13.1. The lowest BCUT2D eigenvalue weighted by Gasteiger charge is -2.32. The maximum absolute atomic E-state index is 14.0. The van der Waals surface area contributed by atoms with Crippen LogP contribution in [0, 0.1) is 0 Å². The smallest absolute Gasteiger partial charge is 0.168 e. The molecule has 22 heavy (non-hydrogen) atoms. The van der Waals surface area contributed by atoms with Crippen LogP contribution in [0.3, 0.4) is 0 Å². The summed E-state index contributed by atoms with van der Waals surface area (Å²) >= 11 is 0. The van der Waals surface area contributed by atoms with E-state index in [9.17, 15) is 4.39 Å². The molecule has 1 aromatic rings. The Morgan fingerprint density at radius 3 is 2.91 bits per heavy atom. The van der Waals surface area contributed by atoms with E-state index < -0.39 is 6.17 Å². The lowest BCUT2D eigenvalue weighted by Crippen LogP contribution is -2.46. The first-order chi connectivity index (χ1) is 10.8. The van der Waals surface area contributed by atoms with Gasteiger partial charge < -0.3 is 5.32 Å². The molecule has 2 unspecified atom stereocenters. The quantitative estimate of drug-likeness (QED) is 0.907. The zero-order chi connectivity index (χ0) is 15.4. The Labute approximate surface area is 129 Å². The molecule has 3 heterocycles. The highest BCUT2D eigenvalue weighted by Gasteiger charge is 2.31. The van der Waals surface area contributed by atoms with Crippen LogP contribution in [0.2, 0.25) is 0 Å². The van der Waals surface area contributed by atoms with E-state index in [4.69, 9.17) is 0 Å². The second-order valence-electron chi connectivity index (χ2n) is 5.45. The van der Waals surface area contributed by atoms with E-state index in [1.807, 2.05) is 6.21 Å². The molecule has 0 fully saturated rings. The van der Waals surface area contributed by atoms with E-state index in [0.717, 1.165) is 37.1 Å². The monoisotopic (exact) mass is 301 g/mol. The molecule has 0 bridgehead atoms. The van der Waals surface area contributed by atoms with Crippen molar-refractivity contribution in [3.05, 3.63) is 48.0 Å². The van der Waals surface area contributed by atoms with Crippen molar-refractivity contribution in [1.29, 1.82) is 0 Å². The fourth-order valence-corrected chi connectivity index (χ4v) is 2.81. The van der Waals surface area contributed by atoms with E-state index in [1.165, 1.54) is 6.08 Å². The molecule has 0 aromatic carbocycles. The first-order valence-corrected chi connectivity index (χ1v) is 7.67. The number of hydrogen-bond acceptors (Lipinski definition) is 5. The first-order valence-electron chi connectivity index (χ1n) is 7.67. The van der Waals surface area contributed by atoms with Crippen LogP contribution in [0.25, 0.3) is 0 Å². The summed E-state index contributed by atoms with van der Waals surface area (Å²) in [4.78, 5) is 8.90. The summed E-state index contributed by atoms with van der Waals surface area (Å²) in [7, 11) is 0. The van der Waals surface area contributed by atoms with Gasteiger partial charge in [0.25, 0.3) is 0 Å². The van der Waals surface area contributed by atoms with Gasteiger partial charge in [0, 0.05) is 31.4 Å². The molecule has 0 spiro atoms. The highest BCUT2D eigenvalue weighted by atomic mass is 19.1. The normalized spacial score (nSPS) is 23.5. The number of hydrazone groups is 1. The third-order valence-electron chi connectivity index (χ3n) is 3.87. The number of aryl methyl sites for hydroxylation is 1. The Hall–Kier alpha value is -2.24. The van der Waals surface area contributed by atoms with Gasteiger partial charge in [-0.15, -0.1) is 0 Å². The highest BCUT2D eigenvalue weighted by molar-refractivity contribution is 5.60. The van der Waals surface area contributed by atoms with Gasteiger partial charge in [0.05, 0.1) is 17.4 Å².